The zero-order valence-corrected chi connectivity index (χ0v) is 8.94. The maximum atomic E-state index is 12.8. The second kappa shape index (κ2) is 5.06. The molecule has 0 aliphatic carbocycles. The van der Waals surface area contributed by atoms with Crippen LogP contribution in [0.5, 0.6) is 0 Å². The van der Waals surface area contributed by atoms with Crippen molar-refractivity contribution in [3.05, 3.63) is 24.0 Å². The van der Waals surface area contributed by atoms with Crippen molar-refractivity contribution in [2.24, 2.45) is 10.3 Å². The molecule has 0 bridgehead atoms. The van der Waals surface area contributed by atoms with Gasteiger partial charge in [0.15, 0.2) is 0 Å². The summed E-state index contributed by atoms with van der Waals surface area (Å²) in [5, 5.41) is 8.39. The summed E-state index contributed by atoms with van der Waals surface area (Å²) >= 11 is 0. The molecule has 0 aromatic heterocycles. The molecule has 0 fully saturated rings. The van der Waals surface area contributed by atoms with Crippen LogP contribution in [0.4, 0.5) is 15.8 Å². The van der Waals surface area contributed by atoms with Crippen LogP contribution in [0.2, 0.25) is 0 Å². The first-order valence-electron chi connectivity index (χ1n) is 4.46. The summed E-state index contributed by atoms with van der Waals surface area (Å²) in [6.07, 6.45) is 0. The van der Waals surface area contributed by atoms with E-state index in [4.69, 9.17) is 5.73 Å². The fraction of sp³-hybridized carbons (Fsp3) is 0.222. The van der Waals surface area contributed by atoms with Gasteiger partial charge in [-0.2, -0.15) is 5.53 Å². The van der Waals surface area contributed by atoms with Crippen LogP contribution in [0, 0.1) is 5.82 Å². The highest BCUT2D eigenvalue weighted by Crippen LogP contribution is 2.18. The molecule has 16 heavy (non-hydrogen) atoms. The predicted octanol–water partition coefficient (Wildman–Crippen LogP) is 1.39. The number of carbonyl (C=O) groups is 1. The predicted molar refractivity (Wildman–Crippen MR) is 56.9 cm³/mol. The molecule has 0 aliphatic rings. The lowest BCUT2D eigenvalue weighted by Crippen LogP contribution is -2.33. The van der Waals surface area contributed by atoms with Crippen molar-refractivity contribution in [2.45, 2.75) is 6.92 Å². The van der Waals surface area contributed by atoms with Crippen LogP contribution in [-0.4, -0.2) is 18.0 Å². The molecule has 6 nitrogen and oxygen atoms in total. The number of nitrogens with zero attached hydrogens (tertiary/aromatic N) is 3. The molecular formula is C9H12FN5O. The number of hydrogen-bond donors (Lipinski definition) is 2. The summed E-state index contributed by atoms with van der Waals surface area (Å²) in [4.78, 5) is 10.8. The monoisotopic (exact) mass is 225 g/mol. The van der Waals surface area contributed by atoms with Crippen LogP contribution in [0.3, 0.4) is 0 Å². The molecule has 86 valence electrons. The highest BCUT2D eigenvalue weighted by Gasteiger charge is 1.99. The molecule has 3 N–H and O–H groups in total. The van der Waals surface area contributed by atoms with Gasteiger partial charge in [-0.25, -0.2) is 9.40 Å². The van der Waals surface area contributed by atoms with Crippen LogP contribution in [0.1, 0.15) is 6.92 Å². The van der Waals surface area contributed by atoms with E-state index < -0.39 is 5.82 Å². The number of benzene rings is 1. The van der Waals surface area contributed by atoms with Crippen LogP contribution >= 0.6 is 0 Å². The summed E-state index contributed by atoms with van der Waals surface area (Å²) in [5.41, 5.74) is 8.10. The lowest BCUT2D eigenvalue weighted by molar-refractivity contribution is -0.130. The van der Waals surface area contributed by atoms with Gasteiger partial charge in [0.05, 0.1) is 11.4 Å². The van der Waals surface area contributed by atoms with Gasteiger partial charge in [-0.1, -0.05) is 5.22 Å². The standard InChI is InChI=1S/C9H12FN5O/c1-6(16)15(2)14-13-12-7-3-4-8(10)9(11)5-7/h3-5H,11H2,1-2H3,(H,12,14). The Hall–Kier alpha value is -2.18. The number of nitrogens with one attached hydrogen (secondary N) is 1. The van der Waals surface area contributed by atoms with E-state index in [9.17, 15) is 9.18 Å². The quantitative estimate of drug-likeness (QED) is 0.463. The highest BCUT2D eigenvalue weighted by atomic mass is 19.1. The van der Waals surface area contributed by atoms with Crippen LogP contribution < -0.4 is 11.3 Å². The second-order valence-corrected chi connectivity index (χ2v) is 3.08. The van der Waals surface area contributed by atoms with Gasteiger partial charge in [-0.3, -0.25) is 4.79 Å². The Labute approximate surface area is 91.9 Å². The number of hydrazine groups is 1. The van der Waals surface area contributed by atoms with Crippen molar-refractivity contribution < 1.29 is 9.18 Å². The molecule has 0 unspecified atom stereocenters. The van der Waals surface area contributed by atoms with Gasteiger partial charge < -0.3 is 5.73 Å². The van der Waals surface area contributed by atoms with E-state index in [-0.39, 0.29) is 11.6 Å². The zero-order valence-electron chi connectivity index (χ0n) is 8.94. The molecule has 1 rings (SSSR count). The Morgan fingerprint density at radius 3 is 2.81 bits per heavy atom. The summed E-state index contributed by atoms with van der Waals surface area (Å²) in [5.74, 6) is -0.717. The van der Waals surface area contributed by atoms with E-state index in [2.05, 4.69) is 15.9 Å². The fourth-order valence-corrected chi connectivity index (χ4v) is 0.811. The lowest BCUT2D eigenvalue weighted by Gasteiger charge is -2.11. The van der Waals surface area contributed by atoms with Crippen LogP contribution in [-0.2, 0) is 4.79 Å². The topological polar surface area (TPSA) is 83.1 Å². The van der Waals surface area contributed by atoms with Crippen molar-refractivity contribution in [1.29, 1.82) is 0 Å². The van der Waals surface area contributed by atoms with Gasteiger partial charge in [-0.05, 0) is 18.2 Å². The first-order chi connectivity index (χ1) is 7.50. The van der Waals surface area contributed by atoms with Crippen molar-refractivity contribution in [1.82, 2.24) is 10.5 Å². The average molecular weight is 225 g/mol. The largest absolute Gasteiger partial charge is 0.396 e. The van der Waals surface area contributed by atoms with Gasteiger partial charge in [0, 0.05) is 14.0 Å². The van der Waals surface area contributed by atoms with Crippen molar-refractivity contribution >= 4 is 17.3 Å². The average Bonchev–Trinajstić information content (AvgIpc) is 2.23. The first kappa shape index (κ1) is 11.9. The van der Waals surface area contributed by atoms with Gasteiger partial charge in [0.1, 0.15) is 5.82 Å². The van der Waals surface area contributed by atoms with E-state index in [1.165, 1.54) is 32.2 Å². The van der Waals surface area contributed by atoms with Gasteiger partial charge in [0.25, 0.3) is 0 Å². The Kier molecular flexibility index (Phi) is 3.76. The molecule has 7 heteroatoms. The van der Waals surface area contributed by atoms with E-state index in [1.807, 2.05) is 0 Å². The maximum absolute atomic E-state index is 12.8. The van der Waals surface area contributed by atoms with Crippen molar-refractivity contribution in [3.63, 3.8) is 0 Å². The Morgan fingerprint density at radius 2 is 2.25 bits per heavy atom. The van der Waals surface area contributed by atoms with Gasteiger partial charge >= 0.3 is 0 Å². The number of nitrogens with two attached hydrogens (primary N) is 1. The van der Waals surface area contributed by atoms with Crippen molar-refractivity contribution in [3.8, 4) is 0 Å². The highest BCUT2D eigenvalue weighted by molar-refractivity contribution is 5.72. The molecule has 0 atom stereocenters. The number of halogens is 1. The number of nitrogen functional groups attached to an aromatic ring is 1. The summed E-state index contributed by atoms with van der Waals surface area (Å²) < 4.78 is 12.8. The molecule has 1 aromatic rings. The number of hydrogen-bond acceptors (Lipinski definition) is 4. The number of anilines is 1. The van der Waals surface area contributed by atoms with Gasteiger partial charge in [0.2, 0.25) is 5.91 Å². The zero-order chi connectivity index (χ0) is 12.1. The third-order valence-corrected chi connectivity index (χ3v) is 1.81. The first-order valence-corrected chi connectivity index (χ1v) is 4.46. The van der Waals surface area contributed by atoms with E-state index in [0.717, 1.165) is 5.01 Å². The molecule has 0 heterocycles. The molecular weight excluding hydrogens is 213 g/mol. The van der Waals surface area contributed by atoms with Crippen LogP contribution in [0.25, 0.3) is 0 Å². The molecule has 1 aromatic carbocycles. The summed E-state index contributed by atoms with van der Waals surface area (Å²) in [7, 11) is 1.50. The fourth-order valence-electron chi connectivity index (χ4n) is 0.811. The number of rotatable bonds is 3. The Bertz CT molecular complexity index is 420. The molecule has 0 spiro atoms. The van der Waals surface area contributed by atoms with E-state index >= 15 is 0 Å². The molecule has 0 saturated heterocycles. The van der Waals surface area contributed by atoms with E-state index in [1.54, 1.807) is 0 Å². The minimum absolute atomic E-state index is 0.00336. The van der Waals surface area contributed by atoms with Crippen LogP contribution in [0.15, 0.2) is 28.5 Å². The summed E-state index contributed by atoms with van der Waals surface area (Å²) in [6.45, 7) is 1.37. The number of carbonyl (C=O) groups excluding carboxylic acids is 1. The third-order valence-electron chi connectivity index (χ3n) is 1.81. The van der Waals surface area contributed by atoms with Crippen molar-refractivity contribution in [2.75, 3.05) is 12.8 Å². The Balaban J connectivity index is 2.63. The normalized spacial score (nSPS) is 10.4. The number of amides is 1. The second-order valence-electron chi connectivity index (χ2n) is 3.08. The van der Waals surface area contributed by atoms with Gasteiger partial charge in [-0.15, -0.1) is 5.11 Å². The Morgan fingerprint density at radius 1 is 1.56 bits per heavy atom. The summed E-state index contributed by atoms with van der Waals surface area (Å²) in [6, 6.07) is 3.96. The molecule has 1 amide bonds. The molecule has 0 saturated carbocycles. The minimum Gasteiger partial charge on any atom is -0.396 e. The third kappa shape index (κ3) is 3.19. The minimum atomic E-state index is -0.507. The lowest BCUT2D eigenvalue weighted by atomic mass is 10.3. The molecule has 0 aliphatic heterocycles. The smallest absolute Gasteiger partial charge is 0.238 e. The van der Waals surface area contributed by atoms with E-state index in [0.29, 0.717) is 5.69 Å². The maximum Gasteiger partial charge on any atom is 0.238 e. The SMILES string of the molecule is CC(=O)N(C)NN=Nc1ccc(F)c(N)c1. The molecule has 0 radical (unpaired) electrons.